The Bertz CT molecular complexity index is 643. The van der Waals surface area contributed by atoms with Gasteiger partial charge in [-0.05, 0) is 22.9 Å². The van der Waals surface area contributed by atoms with Crippen molar-refractivity contribution in [3.8, 4) is 5.75 Å². The molecule has 0 bridgehead atoms. The van der Waals surface area contributed by atoms with Crippen LogP contribution in [0.15, 0.2) is 42.5 Å². The van der Waals surface area contributed by atoms with E-state index in [1.165, 1.54) is 0 Å². The zero-order chi connectivity index (χ0) is 15.7. The molecule has 0 amide bonds. The standard InChI is InChI=1S/C16H18O6/c17-8-12-13(18)14(19)15(20)16(22-12)21-11-6-5-9-3-1-2-4-10(9)7-11/h1-7,12-20H,8H2/t12-,13-,14+,15+,16-/m1/s1. The number of aliphatic hydroxyl groups is 4. The summed E-state index contributed by atoms with van der Waals surface area (Å²) in [5, 5.41) is 40.6. The lowest BCUT2D eigenvalue weighted by atomic mass is 9.99. The van der Waals surface area contributed by atoms with Gasteiger partial charge in [0, 0.05) is 0 Å². The summed E-state index contributed by atoms with van der Waals surface area (Å²) in [5.41, 5.74) is 0. The van der Waals surface area contributed by atoms with E-state index in [0.29, 0.717) is 5.75 Å². The first kappa shape index (κ1) is 15.2. The molecule has 6 heteroatoms. The van der Waals surface area contributed by atoms with E-state index >= 15 is 0 Å². The second-order valence-electron chi connectivity index (χ2n) is 5.32. The molecule has 2 aromatic carbocycles. The number of hydrogen-bond acceptors (Lipinski definition) is 6. The van der Waals surface area contributed by atoms with Crippen LogP contribution in [0.1, 0.15) is 0 Å². The Hall–Kier alpha value is -1.70. The maximum Gasteiger partial charge on any atom is 0.229 e. The SMILES string of the molecule is OC[C@H]1O[C@@H](Oc2ccc3ccccc3c2)[C@@H](O)[C@@H](O)[C@@H]1O. The van der Waals surface area contributed by atoms with Gasteiger partial charge in [0.1, 0.15) is 30.2 Å². The summed E-state index contributed by atoms with van der Waals surface area (Å²) in [6, 6.07) is 13.1. The van der Waals surface area contributed by atoms with Gasteiger partial charge in [0.2, 0.25) is 6.29 Å². The van der Waals surface area contributed by atoms with E-state index in [4.69, 9.17) is 14.6 Å². The van der Waals surface area contributed by atoms with E-state index in [0.717, 1.165) is 10.8 Å². The molecular weight excluding hydrogens is 288 g/mol. The van der Waals surface area contributed by atoms with Crippen molar-refractivity contribution in [2.75, 3.05) is 6.61 Å². The average molecular weight is 306 g/mol. The zero-order valence-electron chi connectivity index (χ0n) is 11.7. The molecule has 2 aromatic rings. The summed E-state index contributed by atoms with van der Waals surface area (Å²) >= 11 is 0. The van der Waals surface area contributed by atoms with Gasteiger partial charge in [-0.1, -0.05) is 30.3 Å². The van der Waals surface area contributed by atoms with Crippen LogP contribution in [0, 0.1) is 0 Å². The molecule has 0 saturated carbocycles. The van der Waals surface area contributed by atoms with Gasteiger partial charge in [-0.2, -0.15) is 0 Å². The Kier molecular flexibility index (Phi) is 4.28. The minimum Gasteiger partial charge on any atom is -0.462 e. The minimum atomic E-state index is -1.45. The predicted molar refractivity (Wildman–Crippen MR) is 78.3 cm³/mol. The van der Waals surface area contributed by atoms with E-state index in [2.05, 4.69) is 0 Å². The van der Waals surface area contributed by atoms with Crippen molar-refractivity contribution in [2.24, 2.45) is 0 Å². The Labute approximate surface area is 127 Å². The van der Waals surface area contributed by atoms with Crippen LogP contribution < -0.4 is 4.74 Å². The Balaban J connectivity index is 1.80. The maximum absolute atomic E-state index is 9.95. The second-order valence-corrected chi connectivity index (χ2v) is 5.32. The van der Waals surface area contributed by atoms with Crippen molar-refractivity contribution < 1.29 is 29.9 Å². The normalized spacial score (nSPS) is 32.1. The summed E-state index contributed by atoms with van der Waals surface area (Å²) in [6.45, 7) is -0.484. The molecule has 0 spiro atoms. The van der Waals surface area contributed by atoms with Crippen LogP contribution in [0.5, 0.6) is 5.75 Å². The highest BCUT2D eigenvalue weighted by Crippen LogP contribution is 2.26. The van der Waals surface area contributed by atoms with Crippen molar-refractivity contribution in [1.29, 1.82) is 0 Å². The minimum absolute atomic E-state index is 0.461. The number of rotatable bonds is 3. The van der Waals surface area contributed by atoms with Gasteiger partial charge < -0.3 is 29.9 Å². The highest BCUT2D eigenvalue weighted by molar-refractivity contribution is 5.83. The van der Waals surface area contributed by atoms with Gasteiger partial charge in [-0.15, -0.1) is 0 Å². The molecule has 4 N–H and O–H groups in total. The van der Waals surface area contributed by atoms with Gasteiger partial charge in [-0.25, -0.2) is 0 Å². The summed E-state index contributed by atoms with van der Waals surface area (Å²) in [4.78, 5) is 0. The van der Waals surface area contributed by atoms with Gasteiger partial charge in [0.25, 0.3) is 0 Å². The van der Waals surface area contributed by atoms with Crippen LogP contribution >= 0.6 is 0 Å². The molecule has 22 heavy (non-hydrogen) atoms. The molecule has 3 rings (SSSR count). The van der Waals surface area contributed by atoms with E-state index in [9.17, 15) is 15.3 Å². The van der Waals surface area contributed by atoms with Crippen molar-refractivity contribution in [1.82, 2.24) is 0 Å². The summed E-state index contributed by atoms with van der Waals surface area (Å²) in [6.07, 6.45) is -6.40. The number of benzene rings is 2. The second kappa shape index (κ2) is 6.20. The van der Waals surface area contributed by atoms with Crippen LogP contribution in [0.3, 0.4) is 0 Å². The van der Waals surface area contributed by atoms with Crippen LogP contribution in [0.4, 0.5) is 0 Å². The lowest BCUT2D eigenvalue weighted by Crippen LogP contribution is -2.60. The summed E-state index contributed by atoms with van der Waals surface area (Å²) in [7, 11) is 0. The highest BCUT2D eigenvalue weighted by atomic mass is 16.7. The zero-order valence-corrected chi connectivity index (χ0v) is 11.7. The molecule has 5 atom stereocenters. The number of fused-ring (bicyclic) bond motifs is 1. The lowest BCUT2D eigenvalue weighted by molar-refractivity contribution is -0.277. The first-order valence-electron chi connectivity index (χ1n) is 7.06. The maximum atomic E-state index is 9.95. The smallest absolute Gasteiger partial charge is 0.229 e. The Morgan fingerprint density at radius 1 is 0.909 bits per heavy atom. The lowest BCUT2D eigenvalue weighted by Gasteiger charge is -2.39. The number of ether oxygens (including phenoxy) is 2. The topological polar surface area (TPSA) is 99.4 Å². The summed E-state index contributed by atoms with van der Waals surface area (Å²) in [5.74, 6) is 0.461. The molecule has 1 aliphatic rings. The van der Waals surface area contributed by atoms with Crippen molar-refractivity contribution in [3.63, 3.8) is 0 Å². The van der Waals surface area contributed by atoms with Crippen LogP contribution in [-0.2, 0) is 4.74 Å². The van der Waals surface area contributed by atoms with Crippen LogP contribution in [0.25, 0.3) is 10.8 Å². The van der Waals surface area contributed by atoms with Crippen molar-refractivity contribution in [2.45, 2.75) is 30.7 Å². The third-order valence-electron chi connectivity index (χ3n) is 3.82. The quantitative estimate of drug-likeness (QED) is 0.638. The number of aliphatic hydroxyl groups excluding tert-OH is 4. The third-order valence-corrected chi connectivity index (χ3v) is 3.82. The molecule has 118 valence electrons. The molecule has 1 saturated heterocycles. The summed E-state index contributed by atoms with van der Waals surface area (Å²) < 4.78 is 10.9. The average Bonchev–Trinajstić information content (AvgIpc) is 2.55. The molecule has 0 unspecified atom stereocenters. The van der Waals surface area contributed by atoms with Gasteiger partial charge >= 0.3 is 0 Å². The third kappa shape index (κ3) is 2.79. The van der Waals surface area contributed by atoms with Crippen molar-refractivity contribution in [3.05, 3.63) is 42.5 Å². The monoisotopic (exact) mass is 306 g/mol. The highest BCUT2D eigenvalue weighted by Gasteiger charge is 2.44. The Morgan fingerprint density at radius 3 is 2.36 bits per heavy atom. The molecular formula is C16H18O6. The number of hydrogen-bond donors (Lipinski definition) is 4. The van der Waals surface area contributed by atoms with Gasteiger partial charge in [0.05, 0.1) is 6.61 Å². The first-order valence-corrected chi connectivity index (χ1v) is 7.06. The van der Waals surface area contributed by atoms with Crippen LogP contribution in [0.2, 0.25) is 0 Å². The fraction of sp³-hybridized carbons (Fsp3) is 0.375. The van der Waals surface area contributed by atoms with Crippen molar-refractivity contribution >= 4 is 10.8 Å². The fourth-order valence-corrected chi connectivity index (χ4v) is 2.54. The van der Waals surface area contributed by atoms with E-state index < -0.39 is 37.3 Å². The largest absolute Gasteiger partial charge is 0.462 e. The molecule has 6 nitrogen and oxygen atoms in total. The van der Waals surface area contributed by atoms with E-state index in [-0.39, 0.29) is 0 Å². The molecule has 0 aliphatic carbocycles. The molecule has 1 fully saturated rings. The molecule has 0 aromatic heterocycles. The molecule has 1 heterocycles. The molecule has 1 aliphatic heterocycles. The van der Waals surface area contributed by atoms with E-state index in [1.807, 2.05) is 30.3 Å². The van der Waals surface area contributed by atoms with Gasteiger partial charge in [-0.3, -0.25) is 0 Å². The fourth-order valence-electron chi connectivity index (χ4n) is 2.54. The molecule has 0 radical (unpaired) electrons. The van der Waals surface area contributed by atoms with E-state index in [1.54, 1.807) is 12.1 Å². The predicted octanol–water partition coefficient (Wildman–Crippen LogP) is 0.0185. The van der Waals surface area contributed by atoms with Crippen LogP contribution in [-0.4, -0.2) is 57.7 Å². The first-order chi connectivity index (χ1) is 10.6. The van der Waals surface area contributed by atoms with Gasteiger partial charge in [0.15, 0.2) is 0 Å². The Morgan fingerprint density at radius 2 is 1.64 bits per heavy atom.